The van der Waals surface area contributed by atoms with Crippen molar-refractivity contribution in [3.05, 3.63) is 17.8 Å². The van der Waals surface area contributed by atoms with Crippen LogP contribution in [0.4, 0.5) is 5.95 Å². The number of hydrogen-bond donors (Lipinski definition) is 2. The highest BCUT2D eigenvalue weighted by molar-refractivity contribution is 5.85. The molecule has 126 valence electrons. The van der Waals surface area contributed by atoms with Gasteiger partial charge in [0.15, 0.2) is 11.5 Å². The number of rotatable bonds is 5. The molecule has 0 fully saturated rings. The third kappa shape index (κ3) is 3.72. The second kappa shape index (κ2) is 7.80. The van der Waals surface area contributed by atoms with E-state index in [0.717, 1.165) is 0 Å². The first-order valence-corrected chi connectivity index (χ1v) is 6.57. The van der Waals surface area contributed by atoms with Crippen molar-refractivity contribution in [3.8, 4) is 28.5 Å². The Morgan fingerprint density at radius 1 is 1.00 bits per heavy atom. The summed E-state index contributed by atoms with van der Waals surface area (Å²) in [5.74, 6) is 1.56. The Morgan fingerprint density at radius 2 is 1.57 bits per heavy atom. The molecule has 2 aromatic rings. The monoisotopic (exact) mass is 341 g/mol. The number of ether oxygens (including phenoxy) is 3. The van der Waals surface area contributed by atoms with Gasteiger partial charge in [0.1, 0.15) is 5.69 Å². The molecule has 0 bridgehead atoms. The minimum Gasteiger partial charge on any atom is -0.493 e. The van der Waals surface area contributed by atoms with Gasteiger partial charge in [-0.25, -0.2) is 4.98 Å². The van der Waals surface area contributed by atoms with E-state index in [1.54, 1.807) is 33.3 Å². The van der Waals surface area contributed by atoms with E-state index in [4.69, 9.17) is 25.7 Å². The zero-order valence-corrected chi connectivity index (χ0v) is 14.2. The molecule has 1 atom stereocenters. The molecule has 0 aliphatic rings. The Bertz CT molecular complexity index is 656. The van der Waals surface area contributed by atoms with Crippen molar-refractivity contribution in [2.75, 3.05) is 27.1 Å². The fourth-order valence-electron chi connectivity index (χ4n) is 2.08. The van der Waals surface area contributed by atoms with Crippen molar-refractivity contribution in [2.24, 2.45) is 5.73 Å². The van der Waals surface area contributed by atoms with Crippen LogP contribution in [0.1, 0.15) is 18.7 Å². The molecule has 0 saturated carbocycles. The first-order valence-electron chi connectivity index (χ1n) is 6.57. The molecule has 0 spiro atoms. The average molecular weight is 342 g/mol. The first kappa shape index (κ1) is 18.7. The molecule has 0 aliphatic carbocycles. The number of hydrogen-bond acceptors (Lipinski definition) is 8. The minimum absolute atomic E-state index is 0. The van der Waals surface area contributed by atoms with Gasteiger partial charge in [0.2, 0.25) is 11.7 Å². The molecular formula is C14H20ClN5O3. The van der Waals surface area contributed by atoms with E-state index in [2.05, 4.69) is 15.2 Å². The third-order valence-corrected chi connectivity index (χ3v) is 3.10. The molecule has 8 nitrogen and oxygen atoms in total. The van der Waals surface area contributed by atoms with Crippen LogP contribution in [0.15, 0.2) is 12.1 Å². The maximum absolute atomic E-state index is 5.93. The third-order valence-electron chi connectivity index (χ3n) is 3.10. The van der Waals surface area contributed by atoms with E-state index < -0.39 is 0 Å². The Labute approximate surface area is 140 Å². The smallest absolute Gasteiger partial charge is 0.240 e. The highest BCUT2D eigenvalue weighted by atomic mass is 35.5. The normalized spacial score (nSPS) is 11.3. The molecule has 1 heterocycles. The van der Waals surface area contributed by atoms with Gasteiger partial charge in [-0.1, -0.05) is 0 Å². The van der Waals surface area contributed by atoms with E-state index in [9.17, 15) is 0 Å². The lowest BCUT2D eigenvalue weighted by molar-refractivity contribution is 0.324. The van der Waals surface area contributed by atoms with E-state index in [0.29, 0.717) is 34.2 Å². The molecule has 0 saturated heterocycles. The number of nitrogens with two attached hydrogens (primary N) is 2. The van der Waals surface area contributed by atoms with Crippen molar-refractivity contribution >= 4 is 18.4 Å². The lowest BCUT2D eigenvalue weighted by Gasteiger charge is -2.15. The molecule has 2 rings (SSSR count). The van der Waals surface area contributed by atoms with Crippen LogP contribution in [0.2, 0.25) is 0 Å². The molecule has 9 heteroatoms. The summed E-state index contributed by atoms with van der Waals surface area (Å²) in [6.07, 6.45) is 0. The summed E-state index contributed by atoms with van der Waals surface area (Å²) in [7, 11) is 4.62. The lowest BCUT2D eigenvalue weighted by atomic mass is 10.1. The number of nitrogen functional groups attached to an aromatic ring is 1. The summed E-state index contributed by atoms with van der Waals surface area (Å²) >= 11 is 0. The Kier molecular flexibility index (Phi) is 6.35. The van der Waals surface area contributed by atoms with Crippen LogP contribution in [-0.2, 0) is 0 Å². The van der Waals surface area contributed by atoms with Crippen LogP contribution < -0.4 is 25.7 Å². The topological polar surface area (TPSA) is 118 Å². The lowest BCUT2D eigenvalue weighted by Crippen LogP contribution is -2.13. The van der Waals surface area contributed by atoms with Crippen molar-refractivity contribution in [1.82, 2.24) is 15.2 Å². The Balaban J connectivity index is 0.00000264. The number of anilines is 1. The van der Waals surface area contributed by atoms with Crippen LogP contribution in [-0.4, -0.2) is 36.5 Å². The van der Waals surface area contributed by atoms with E-state index in [-0.39, 0.29) is 24.4 Å². The fourth-order valence-corrected chi connectivity index (χ4v) is 2.08. The number of halogens is 1. The molecule has 1 aromatic heterocycles. The van der Waals surface area contributed by atoms with Gasteiger partial charge < -0.3 is 25.7 Å². The van der Waals surface area contributed by atoms with Crippen LogP contribution in [0.3, 0.4) is 0 Å². The molecule has 1 aromatic carbocycles. The summed E-state index contributed by atoms with van der Waals surface area (Å²) in [5.41, 5.74) is 13.3. The Morgan fingerprint density at radius 3 is 2.00 bits per heavy atom. The van der Waals surface area contributed by atoms with E-state index >= 15 is 0 Å². The number of benzene rings is 1. The average Bonchev–Trinajstić information content (AvgIpc) is 2.52. The predicted octanol–water partition coefficient (Wildman–Crippen LogP) is 1.59. The summed E-state index contributed by atoms with van der Waals surface area (Å²) in [4.78, 5) is 4.24. The van der Waals surface area contributed by atoms with E-state index in [1.165, 1.54) is 7.11 Å². The van der Waals surface area contributed by atoms with Crippen LogP contribution in [0.25, 0.3) is 11.3 Å². The predicted molar refractivity (Wildman–Crippen MR) is 89.2 cm³/mol. The zero-order chi connectivity index (χ0) is 16.3. The summed E-state index contributed by atoms with van der Waals surface area (Å²) in [6.45, 7) is 1.80. The molecule has 1 unspecified atom stereocenters. The second-order valence-corrected chi connectivity index (χ2v) is 4.61. The maximum atomic E-state index is 5.93. The molecule has 4 N–H and O–H groups in total. The summed E-state index contributed by atoms with van der Waals surface area (Å²) in [6, 6.07) is 3.17. The first-order chi connectivity index (χ1) is 10.5. The van der Waals surface area contributed by atoms with Crippen molar-refractivity contribution in [1.29, 1.82) is 0 Å². The highest BCUT2D eigenvalue weighted by Crippen LogP contribution is 2.41. The molecule has 0 radical (unpaired) electrons. The van der Waals surface area contributed by atoms with Gasteiger partial charge in [0.05, 0.1) is 27.0 Å². The highest BCUT2D eigenvalue weighted by Gasteiger charge is 2.19. The van der Waals surface area contributed by atoms with Gasteiger partial charge in [0.25, 0.3) is 0 Å². The molecule has 0 aliphatic heterocycles. The van der Waals surface area contributed by atoms with Gasteiger partial charge >= 0.3 is 0 Å². The number of methoxy groups -OCH3 is 3. The number of aromatic nitrogens is 3. The molecule has 23 heavy (non-hydrogen) atoms. The zero-order valence-electron chi connectivity index (χ0n) is 13.4. The fraction of sp³-hybridized carbons (Fsp3) is 0.357. The van der Waals surface area contributed by atoms with Crippen LogP contribution in [0, 0.1) is 0 Å². The summed E-state index contributed by atoms with van der Waals surface area (Å²) in [5, 5.41) is 7.79. The second-order valence-electron chi connectivity index (χ2n) is 4.61. The van der Waals surface area contributed by atoms with Gasteiger partial charge in [-0.3, -0.25) is 0 Å². The van der Waals surface area contributed by atoms with E-state index in [1.807, 2.05) is 0 Å². The largest absolute Gasteiger partial charge is 0.493 e. The van der Waals surface area contributed by atoms with Gasteiger partial charge in [-0.05, 0) is 19.1 Å². The molecule has 0 amide bonds. The Hall–Kier alpha value is -2.32. The van der Waals surface area contributed by atoms with Crippen LogP contribution >= 0.6 is 12.4 Å². The van der Waals surface area contributed by atoms with Crippen LogP contribution in [0.5, 0.6) is 17.2 Å². The van der Waals surface area contributed by atoms with Crippen molar-refractivity contribution < 1.29 is 14.2 Å². The van der Waals surface area contributed by atoms with Gasteiger partial charge in [0, 0.05) is 11.6 Å². The van der Waals surface area contributed by atoms with Gasteiger partial charge in [-0.2, -0.15) is 0 Å². The number of nitrogens with zero attached hydrogens (tertiary/aromatic N) is 3. The minimum atomic E-state index is -0.352. The SMILES string of the molecule is COc1cc(-c2nc(N)nnc2C(C)N)cc(OC)c1OC.Cl. The maximum Gasteiger partial charge on any atom is 0.240 e. The standard InChI is InChI=1S/C14H19N5O3.ClH/c1-7(15)11-12(17-14(16)19-18-11)8-5-9(20-2)13(22-4)10(6-8)21-3;/h5-7H,15H2,1-4H3,(H2,16,17,19);1H. The summed E-state index contributed by atoms with van der Waals surface area (Å²) < 4.78 is 16.0. The van der Waals surface area contributed by atoms with Crippen molar-refractivity contribution in [2.45, 2.75) is 13.0 Å². The molecular weight excluding hydrogens is 322 g/mol. The van der Waals surface area contributed by atoms with Gasteiger partial charge in [-0.15, -0.1) is 22.6 Å². The van der Waals surface area contributed by atoms with Crippen molar-refractivity contribution in [3.63, 3.8) is 0 Å². The quantitative estimate of drug-likeness (QED) is 0.841.